The lowest BCUT2D eigenvalue weighted by molar-refractivity contribution is 0.580. The Labute approximate surface area is 192 Å². The fourth-order valence-corrected chi connectivity index (χ4v) is 3.93. The molecule has 1 aromatic heterocycles. The van der Waals surface area contributed by atoms with Crippen molar-refractivity contribution < 1.29 is 8.42 Å². The summed E-state index contributed by atoms with van der Waals surface area (Å²) in [7, 11) is -1.88. The summed E-state index contributed by atoms with van der Waals surface area (Å²) in [5, 5.41) is 6.98. The molecule has 2 rings (SSSR count). The maximum absolute atomic E-state index is 12.1. The Balaban J connectivity index is 0.00000392. The molecule has 154 valence electrons. The first kappa shape index (κ1) is 25.0. The second-order valence-electron chi connectivity index (χ2n) is 5.31. The number of guanidine groups is 1. The van der Waals surface area contributed by atoms with Gasteiger partial charge in [-0.15, -0.1) is 35.7 Å². The number of nitrogens with zero attached hydrogens (tertiary/aromatic N) is 2. The van der Waals surface area contributed by atoms with Crippen LogP contribution in [0.4, 0.5) is 0 Å². The number of thioether (sulfide) groups is 1. The van der Waals surface area contributed by atoms with Crippen LogP contribution in [-0.2, 0) is 10.0 Å². The fourth-order valence-electron chi connectivity index (χ4n) is 2.05. The molecule has 0 aliphatic carbocycles. The molecule has 0 atom stereocenters. The summed E-state index contributed by atoms with van der Waals surface area (Å²) in [6.07, 6.45) is 2.84. The molecule has 11 heteroatoms. The third kappa shape index (κ3) is 8.95. The van der Waals surface area contributed by atoms with Crippen molar-refractivity contribution in [1.29, 1.82) is 0 Å². The van der Waals surface area contributed by atoms with Crippen molar-refractivity contribution in [2.45, 2.75) is 9.79 Å². The van der Waals surface area contributed by atoms with Gasteiger partial charge >= 0.3 is 0 Å². The zero-order valence-electron chi connectivity index (χ0n) is 15.3. The van der Waals surface area contributed by atoms with Gasteiger partial charge in [-0.2, -0.15) is 0 Å². The molecule has 2 aromatic rings. The normalized spacial score (nSPS) is 11.6. The predicted octanol–water partition coefficient (Wildman–Crippen LogP) is 2.59. The van der Waals surface area contributed by atoms with E-state index in [0.717, 1.165) is 15.7 Å². The van der Waals surface area contributed by atoms with Crippen molar-refractivity contribution in [1.82, 2.24) is 20.3 Å². The summed E-state index contributed by atoms with van der Waals surface area (Å²) < 4.78 is 26.7. The number of rotatable bonds is 9. The number of sulfonamides is 1. The van der Waals surface area contributed by atoms with Gasteiger partial charge in [-0.25, -0.2) is 13.1 Å². The molecule has 1 heterocycles. The van der Waals surface area contributed by atoms with Crippen LogP contribution < -0.4 is 15.4 Å². The molecule has 0 spiro atoms. The molecule has 0 amide bonds. The van der Waals surface area contributed by atoms with Crippen molar-refractivity contribution >= 4 is 63.3 Å². The third-order valence-corrected chi connectivity index (χ3v) is 6.07. The summed E-state index contributed by atoms with van der Waals surface area (Å²) in [5.74, 6) is 1.47. The van der Waals surface area contributed by atoms with Crippen LogP contribution in [0.5, 0.6) is 0 Å². The molecule has 0 radical (unpaired) electrons. The number of nitrogens with one attached hydrogen (secondary N) is 3. The van der Waals surface area contributed by atoms with Crippen molar-refractivity contribution in [2.75, 3.05) is 32.4 Å². The molecule has 3 N–H and O–H groups in total. The van der Waals surface area contributed by atoms with E-state index in [2.05, 4.69) is 25.3 Å². The van der Waals surface area contributed by atoms with Gasteiger partial charge in [0.25, 0.3) is 0 Å². The van der Waals surface area contributed by atoms with Gasteiger partial charge in [-0.1, -0.05) is 11.6 Å². The van der Waals surface area contributed by atoms with Crippen LogP contribution in [0, 0.1) is 0 Å². The maximum Gasteiger partial charge on any atom is 0.242 e. The highest BCUT2D eigenvalue weighted by molar-refractivity contribution is 14.0. The van der Waals surface area contributed by atoms with Crippen LogP contribution in [0.25, 0.3) is 0 Å². The summed E-state index contributed by atoms with van der Waals surface area (Å²) >= 11 is 7.57. The van der Waals surface area contributed by atoms with E-state index < -0.39 is 10.0 Å². The fraction of sp³-hybridized carbons (Fsp3) is 0.294. The topological polar surface area (TPSA) is 95.5 Å². The Kier molecular flexibility index (Phi) is 11.8. The largest absolute Gasteiger partial charge is 0.356 e. The molecule has 0 bridgehead atoms. The van der Waals surface area contributed by atoms with Gasteiger partial charge in [0.2, 0.25) is 10.0 Å². The summed E-state index contributed by atoms with van der Waals surface area (Å²) in [4.78, 5) is 9.23. The van der Waals surface area contributed by atoms with Crippen molar-refractivity contribution in [3.63, 3.8) is 0 Å². The van der Waals surface area contributed by atoms with E-state index in [1.54, 1.807) is 24.9 Å². The van der Waals surface area contributed by atoms with E-state index >= 15 is 0 Å². The standard InChI is InChI=1S/C17H22ClN5O2S2.HI/c1-19-17(22-11-12-26-15-6-4-14(18)5-7-15)21-9-10-23-27(24,25)16-3-2-8-20-13-16;/h2-8,13,23H,9-12H2,1H3,(H2,19,21,22);1H. The van der Waals surface area contributed by atoms with E-state index in [9.17, 15) is 8.42 Å². The van der Waals surface area contributed by atoms with Gasteiger partial charge in [-0.05, 0) is 36.4 Å². The van der Waals surface area contributed by atoms with Crippen molar-refractivity contribution in [3.05, 3.63) is 53.8 Å². The molecular weight excluding hydrogens is 533 g/mol. The smallest absolute Gasteiger partial charge is 0.242 e. The Morgan fingerprint density at radius 2 is 1.86 bits per heavy atom. The molecule has 28 heavy (non-hydrogen) atoms. The lowest BCUT2D eigenvalue weighted by Gasteiger charge is -2.12. The average Bonchev–Trinajstić information content (AvgIpc) is 2.69. The number of aromatic nitrogens is 1. The molecule has 0 unspecified atom stereocenters. The molecule has 0 saturated heterocycles. The van der Waals surface area contributed by atoms with Crippen LogP contribution in [0.3, 0.4) is 0 Å². The lowest BCUT2D eigenvalue weighted by atomic mass is 10.4. The number of halogens is 2. The number of hydrogen-bond donors (Lipinski definition) is 3. The zero-order valence-corrected chi connectivity index (χ0v) is 20.0. The van der Waals surface area contributed by atoms with Crippen LogP contribution >= 0.6 is 47.3 Å². The summed E-state index contributed by atoms with van der Waals surface area (Å²) in [6.45, 7) is 1.36. The highest BCUT2D eigenvalue weighted by atomic mass is 127. The number of hydrogen-bond acceptors (Lipinski definition) is 5. The van der Waals surface area contributed by atoms with Gasteiger partial charge in [0, 0.05) is 54.7 Å². The summed E-state index contributed by atoms with van der Waals surface area (Å²) in [5.41, 5.74) is 0. The van der Waals surface area contributed by atoms with Crippen LogP contribution in [-0.4, -0.2) is 51.8 Å². The van der Waals surface area contributed by atoms with Gasteiger partial charge in [-0.3, -0.25) is 9.98 Å². The maximum atomic E-state index is 12.1. The van der Waals surface area contributed by atoms with Gasteiger partial charge in [0.15, 0.2) is 5.96 Å². The Bertz CT molecular complexity index is 836. The van der Waals surface area contributed by atoms with E-state index in [-0.39, 0.29) is 35.4 Å². The minimum atomic E-state index is -3.55. The number of pyridine rings is 1. The van der Waals surface area contributed by atoms with Crippen molar-refractivity contribution in [2.24, 2.45) is 4.99 Å². The van der Waals surface area contributed by atoms with Crippen LogP contribution in [0.1, 0.15) is 0 Å². The average molecular weight is 556 g/mol. The Hall–Kier alpha value is -1.08. The minimum absolute atomic E-state index is 0. The molecule has 0 saturated carbocycles. The third-order valence-electron chi connectivity index (χ3n) is 3.35. The highest BCUT2D eigenvalue weighted by Crippen LogP contribution is 2.19. The minimum Gasteiger partial charge on any atom is -0.356 e. The van der Waals surface area contributed by atoms with Gasteiger partial charge < -0.3 is 10.6 Å². The first-order chi connectivity index (χ1) is 13.0. The highest BCUT2D eigenvalue weighted by Gasteiger charge is 2.12. The first-order valence-electron chi connectivity index (χ1n) is 8.24. The lowest BCUT2D eigenvalue weighted by Crippen LogP contribution is -2.42. The molecule has 0 aliphatic rings. The molecular formula is C17H23ClIN5O2S2. The Morgan fingerprint density at radius 3 is 2.50 bits per heavy atom. The van der Waals surface area contributed by atoms with Gasteiger partial charge in [0.05, 0.1) is 0 Å². The molecule has 7 nitrogen and oxygen atoms in total. The van der Waals surface area contributed by atoms with E-state index in [0.29, 0.717) is 19.0 Å². The first-order valence-corrected chi connectivity index (χ1v) is 11.1. The number of aliphatic imine (C=N–C) groups is 1. The second-order valence-corrected chi connectivity index (χ2v) is 8.69. The van der Waals surface area contributed by atoms with E-state index in [1.807, 2.05) is 24.3 Å². The quantitative estimate of drug-likeness (QED) is 0.145. The van der Waals surface area contributed by atoms with Gasteiger partial charge in [0.1, 0.15) is 4.90 Å². The predicted molar refractivity (Wildman–Crippen MR) is 126 cm³/mol. The Morgan fingerprint density at radius 1 is 1.14 bits per heavy atom. The molecule has 0 fully saturated rings. The number of benzene rings is 1. The second kappa shape index (κ2) is 13.2. The summed E-state index contributed by atoms with van der Waals surface area (Å²) in [6, 6.07) is 10.8. The molecule has 1 aromatic carbocycles. The molecule has 0 aliphatic heterocycles. The van der Waals surface area contributed by atoms with E-state index in [4.69, 9.17) is 11.6 Å². The SMILES string of the molecule is CN=C(NCCNS(=O)(=O)c1cccnc1)NCCSc1ccc(Cl)cc1.I. The van der Waals surface area contributed by atoms with E-state index in [1.165, 1.54) is 18.5 Å². The monoisotopic (exact) mass is 555 g/mol. The van der Waals surface area contributed by atoms with Crippen LogP contribution in [0.2, 0.25) is 5.02 Å². The zero-order chi connectivity index (χ0) is 19.5. The van der Waals surface area contributed by atoms with Crippen molar-refractivity contribution in [3.8, 4) is 0 Å². The van der Waals surface area contributed by atoms with Crippen LogP contribution in [0.15, 0.2) is 63.6 Å².